The van der Waals surface area contributed by atoms with Crippen molar-refractivity contribution in [2.75, 3.05) is 14.2 Å². The molecule has 0 aliphatic heterocycles. The van der Waals surface area contributed by atoms with Gasteiger partial charge in [0, 0.05) is 25.1 Å². The van der Waals surface area contributed by atoms with Crippen molar-refractivity contribution >= 4 is 0 Å². The van der Waals surface area contributed by atoms with Crippen LogP contribution in [0.3, 0.4) is 0 Å². The number of likely N-dealkylation sites (N-methyl/N-ethyl adjacent to an activating group) is 1. The molecule has 1 atom stereocenters. The Balaban J connectivity index is 0.000000372. The van der Waals surface area contributed by atoms with Gasteiger partial charge in [0.1, 0.15) is 0 Å². The molecule has 1 N–H and O–H groups in total. The van der Waals surface area contributed by atoms with Gasteiger partial charge in [-0.15, -0.1) is 13.2 Å². The number of rotatable bonds is 7. The number of halogens is 3. The second kappa shape index (κ2) is 14.3. The molecule has 1 unspecified atom stereocenters. The van der Waals surface area contributed by atoms with Gasteiger partial charge in [-0.05, 0) is 67.4 Å². The van der Waals surface area contributed by atoms with E-state index in [0.717, 1.165) is 34.9 Å². The van der Waals surface area contributed by atoms with Crippen LogP contribution in [0, 0.1) is 19.7 Å². The predicted molar refractivity (Wildman–Crippen MR) is 154 cm³/mol. The molecule has 206 valence electrons. The number of benzene rings is 3. The quantitative estimate of drug-likeness (QED) is 0.243. The van der Waals surface area contributed by atoms with Gasteiger partial charge in [0.25, 0.3) is 5.92 Å². The highest BCUT2D eigenvalue weighted by molar-refractivity contribution is 5.41. The Labute approximate surface area is 230 Å². The zero-order valence-electron chi connectivity index (χ0n) is 23.3. The molecule has 0 radical (unpaired) electrons. The van der Waals surface area contributed by atoms with Crippen LogP contribution in [0.4, 0.5) is 13.2 Å². The van der Waals surface area contributed by atoms with Crippen molar-refractivity contribution in [3.63, 3.8) is 0 Å². The molecule has 0 fully saturated rings. The van der Waals surface area contributed by atoms with Crippen LogP contribution in [0.25, 0.3) is 0 Å². The molecular weight excluding hydrogens is 497 g/mol. The van der Waals surface area contributed by atoms with E-state index in [1.54, 1.807) is 18.2 Å². The molecular formula is C33H37F3N2O. The number of aromatic nitrogens is 1. The first-order chi connectivity index (χ1) is 18.6. The van der Waals surface area contributed by atoms with E-state index < -0.39 is 11.5 Å². The van der Waals surface area contributed by atoms with Gasteiger partial charge in [-0.1, -0.05) is 60.7 Å². The van der Waals surface area contributed by atoms with Crippen LogP contribution in [-0.2, 0) is 17.9 Å². The van der Waals surface area contributed by atoms with Crippen LogP contribution >= 0.6 is 0 Å². The van der Waals surface area contributed by atoms with Gasteiger partial charge in [0.2, 0.25) is 0 Å². The molecule has 4 rings (SSSR count). The van der Waals surface area contributed by atoms with Crippen LogP contribution in [0.1, 0.15) is 40.4 Å². The molecule has 4 aromatic rings. The molecule has 0 aliphatic carbocycles. The Bertz CT molecular complexity index is 1300. The first-order valence-electron chi connectivity index (χ1n) is 12.5. The Morgan fingerprint density at radius 2 is 1.49 bits per heavy atom. The van der Waals surface area contributed by atoms with Crippen LogP contribution < -0.4 is 10.1 Å². The van der Waals surface area contributed by atoms with E-state index in [2.05, 4.69) is 23.5 Å². The number of aryl methyl sites for hydroxylation is 2. The maximum atomic E-state index is 14.0. The van der Waals surface area contributed by atoms with E-state index in [1.165, 1.54) is 19.2 Å². The molecule has 3 nitrogen and oxygen atoms in total. The van der Waals surface area contributed by atoms with Crippen LogP contribution in [0.5, 0.6) is 5.75 Å². The molecule has 0 saturated carbocycles. The molecule has 0 saturated heterocycles. The van der Waals surface area contributed by atoms with Crippen molar-refractivity contribution in [1.82, 2.24) is 10.3 Å². The van der Waals surface area contributed by atoms with Crippen molar-refractivity contribution in [3.8, 4) is 5.75 Å². The van der Waals surface area contributed by atoms with Gasteiger partial charge in [-0.25, -0.2) is 13.2 Å². The molecule has 3 aromatic carbocycles. The van der Waals surface area contributed by atoms with Crippen LogP contribution in [-0.4, -0.2) is 19.1 Å². The Morgan fingerprint density at radius 3 is 2.03 bits per heavy atom. The van der Waals surface area contributed by atoms with E-state index in [9.17, 15) is 13.2 Å². The highest BCUT2D eigenvalue weighted by Gasteiger charge is 2.36. The summed E-state index contributed by atoms with van der Waals surface area (Å²) in [6, 6.07) is 25.5. The predicted octanol–water partition coefficient (Wildman–Crippen LogP) is 8.15. The lowest BCUT2D eigenvalue weighted by Gasteiger charge is -2.35. The molecule has 1 heterocycles. The van der Waals surface area contributed by atoms with Gasteiger partial charge in [0.15, 0.2) is 11.6 Å². The third-order valence-corrected chi connectivity index (χ3v) is 6.26. The monoisotopic (exact) mass is 534 g/mol. The Morgan fingerprint density at radius 1 is 0.846 bits per heavy atom. The number of nitrogens with one attached hydrogen (secondary N) is 1. The second-order valence-corrected chi connectivity index (χ2v) is 9.15. The molecule has 6 heteroatoms. The Hall–Kier alpha value is -3.90. The van der Waals surface area contributed by atoms with Gasteiger partial charge in [-0.3, -0.25) is 4.98 Å². The zero-order valence-corrected chi connectivity index (χ0v) is 23.3. The normalized spacial score (nSPS) is 12.2. The van der Waals surface area contributed by atoms with E-state index in [1.807, 2.05) is 81.7 Å². The summed E-state index contributed by atoms with van der Waals surface area (Å²) in [6.45, 7) is 10.7. The average Bonchev–Trinajstić information content (AvgIpc) is 2.94. The summed E-state index contributed by atoms with van der Waals surface area (Å²) in [5.74, 6) is -2.91. The van der Waals surface area contributed by atoms with Crippen molar-refractivity contribution < 1.29 is 17.9 Å². The fourth-order valence-corrected chi connectivity index (χ4v) is 4.15. The van der Waals surface area contributed by atoms with Crippen LogP contribution in [0.2, 0.25) is 0 Å². The van der Waals surface area contributed by atoms with Crippen molar-refractivity contribution in [1.29, 1.82) is 0 Å². The number of ether oxygens (including phenoxy) is 1. The van der Waals surface area contributed by atoms with Gasteiger partial charge < -0.3 is 10.1 Å². The Kier molecular flexibility index (Phi) is 11.5. The fourth-order valence-electron chi connectivity index (χ4n) is 4.15. The summed E-state index contributed by atoms with van der Waals surface area (Å²) in [6.07, 6.45) is 2.41. The summed E-state index contributed by atoms with van der Waals surface area (Å²) < 4.78 is 45.4. The topological polar surface area (TPSA) is 34.2 Å². The number of alkyl halides is 2. The molecule has 0 amide bonds. The number of nitrogens with zero attached hydrogens (tertiary/aromatic N) is 1. The first-order valence-corrected chi connectivity index (χ1v) is 12.5. The summed E-state index contributed by atoms with van der Waals surface area (Å²) in [5, 5.41) is 3.39. The lowest BCUT2D eigenvalue weighted by atomic mass is 9.79. The number of pyridine rings is 1. The van der Waals surface area contributed by atoms with E-state index in [0.29, 0.717) is 12.2 Å². The molecule has 0 bridgehead atoms. The minimum Gasteiger partial charge on any atom is -0.494 e. The highest BCUT2D eigenvalue weighted by Crippen LogP contribution is 2.35. The molecule has 0 aliphatic rings. The minimum absolute atomic E-state index is 0.000187. The third kappa shape index (κ3) is 8.29. The third-order valence-electron chi connectivity index (χ3n) is 6.26. The smallest absolute Gasteiger partial charge is 0.270 e. The molecule has 0 spiro atoms. The highest BCUT2D eigenvalue weighted by atomic mass is 19.3. The minimum atomic E-state index is -2.90. The average molecular weight is 535 g/mol. The summed E-state index contributed by atoms with van der Waals surface area (Å²) in [4.78, 5) is 4.64. The number of hydrogen-bond acceptors (Lipinski definition) is 3. The largest absolute Gasteiger partial charge is 0.494 e. The van der Waals surface area contributed by atoms with Gasteiger partial charge in [0.05, 0.1) is 18.3 Å². The van der Waals surface area contributed by atoms with E-state index >= 15 is 0 Å². The number of methoxy groups -OCH3 is 1. The fraction of sp³-hybridized carbons (Fsp3) is 0.242. The molecule has 1 aromatic heterocycles. The van der Waals surface area contributed by atoms with Gasteiger partial charge >= 0.3 is 0 Å². The lowest BCUT2D eigenvalue weighted by Crippen LogP contribution is -2.44. The van der Waals surface area contributed by atoms with E-state index in [-0.39, 0.29) is 11.4 Å². The van der Waals surface area contributed by atoms with Crippen LogP contribution in [0.15, 0.2) is 104 Å². The summed E-state index contributed by atoms with van der Waals surface area (Å²) in [5.41, 5.74) is 3.91. The zero-order chi connectivity index (χ0) is 29.1. The molecule has 39 heavy (non-hydrogen) atoms. The summed E-state index contributed by atoms with van der Waals surface area (Å²) in [7, 11) is 3.30. The number of hydrogen-bond donors (Lipinski definition) is 1. The SMILES string of the molecule is C=C.CNC(Cc1ccccc1)(c1cccc(C(C)(F)F)c1)c1ccc(C)cn1.COc1ccc(C)cc1F. The van der Waals surface area contributed by atoms with Gasteiger partial charge in [-0.2, -0.15) is 0 Å². The maximum Gasteiger partial charge on any atom is 0.270 e. The van der Waals surface area contributed by atoms with E-state index in [4.69, 9.17) is 4.74 Å². The standard InChI is InChI=1S/C23H24F2N2.C8H9FO.C2H4/c1-17-12-13-21(27-16-17)23(26-3,15-18-8-5-4-6-9-18)20-11-7-10-19(14-20)22(2,24)25;1-6-3-4-8(10-2)7(9)5-6;1-2/h4-14,16,26H,15H2,1-3H3;3-5H,1-2H3;1-2H2. The van der Waals surface area contributed by atoms with Crippen molar-refractivity contribution in [3.05, 3.63) is 144 Å². The maximum absolute atomic E-state index is 14.0. The lowest BCUT2D eigenvalue weighted by molar-refractivity contribution is 0.0173. The first kappa shape index (κ1) is 31.3. The second-order valence-electron chi connectivity index (χ2n) is 9.15. The van der Waals surface area contributed by atoms with Crippen molar-refractivity contribution in [2.45, 2.75) is 38.7 Å². The van der Waals surface area contributed by atoms with Crippen molar-refractivity contribution in [2.24, 2.45) is 0 Å². The summed E-state index contributed by atoms with van der Waals surface area (Å²) >= 11 is 0.